The van der Waals surface area contributed by atoms with Crippen LogP contribution in [-0.2, 0) is 0 Å². The molecule has 0 saturated carbocycles. The Morgan fingerprint density at radius 1 is 0.138 bits per heavy atom. The Morgan fingerprint density at radius 2 is 0.184 bits per heavy atom. The molecule has 87 heavy (non-hydrogen) atoms. The summed E-state index contributed by atoms with van der Waals surface area (Å²) in [5.74, 6) is 0. The van der Waals surface area contributed by atoms with Crippen molar-refractivity contribution in [3.63, 3.8) is 0 Å². The molecule has 0 spiro atoms. The van der Waals surface area contributed by atoms with Gasteiger partial charge in [-0.1, -0.05) is 255 Å². The van der Waals surface area contributed by atoms with Gasteiger partial charge in [0.2, 0.25) is 0 Å². The van der Waals surface area contributed by atoms with Crippen LogP contribution in [0.4, 0.5) is 0 Å². The third kappa shape index (κ3) is 11.5. The fraction of sp³-hybridized carbons (Fsp3) is 0.0116. The molecule has 16 rings (SSSR count). The molecule has 1 heteroatoms. The van der Waals surface area contributed by atoms with E-state index in [1.54, 1.807) is 6.07 Å². The van der Waals surface area contributed by atoms with Crippen molar-refractivity contribution in [1.29, 1.82) is 5.26 Å². The molecule has 14 aromatic carbocycles. The minimum Gasteiger partial charge on any atom is -0.199 e. The van der Waals surface area contributed by atoms with Gasteiger partial charge < -0.3 is 0 Å². The molecule has 2 aliphatic carbocycles. The minimum absolute atomic E-state index is 1.22. The van der Waals surface area contributed by atoms with E-state index in [9.17, 15) is 0 Å². The Kier molecular flexibility index (Phi) is 14.8. The van der Waals surface area contributed by atoms with Gasteiger partial charge in [-0.05, 0) is 241 Å². The molecule has 0 N–H and O–H groups in total. The van der Waals surface area contributed by atoms with Crippen molar-refractivity contribution in [2.24, 2.45) is 0 Å². The first-order chi connectivity index (χ1) is 42.9. The van der Waals surface area contributed by atoms with E-state index in [4.69, 9.17) is 5.26 Å². The van der Waals surface area contributed by atoms with Gasteiger partial charge in [0.15, 0.2) is 0 Å². The van der Waals surface area contributed by atoms with Crippen molar-refractivity contribution in [3.05, 3.63) is 340 Å². The summed E-state index contributed by atoms with van der Waals surface area (Å²) in [5.41, 5.74) is 34.1. The van der Waals surface area contributed by atoms with Crippen LogP contribution in [0, 0.1) is 11.3 Å². The molecule has 0 aromatic heterocycles. The molecule has 0 fully saturated rings. The Morgan fingerprint density at radius 3 is 0.230 bits per heavy atom. The van der Waals surface area contributed by atoms with Crippen LogP contribution in [0.5, 0.6) is 0 Å². The van der Waals surface area contributed by atoms with Crippen molar-refractivity contribution >= 4 is 0 Å². The molecule has 0 unspecified atom stereocenters. The lowest BCUT2D eigenvalue weighted by Gasteiger charge is -2.11. The highest BCUT2D eigenvalue weighted by Gasteiger charge is 2.14. The molecule has 0 atom stereocenters. The monoisotopic (exact) mass is 1110 g/mol. The van der Waals surface area contributed by atoms with Crippen LogP contribution in [-0.4, -0.2) is 0 Å². The first kappa shape index (κ1) is 53.6. The molecule has 0 radical (unpaired) electrons. The van der Waals surface area contributed by atoms with E-state index in [0.29, 0.717) is 0 Å². The Labute approximate surface area is 510 Å². The van der Waals surface area contributed by atoms with Crippen LogP contribution in [0.15, 0.2) is 340 Å². The SMILES string of the molecule is CC#N.c1cc2cc(c1)-c1cccc(c1)-c1cccc(c1)-c1cccc(c1)-c1cccc(c1)-c1cccc(c1)-c1cccc-2c1.c1cc2cc(c1)-c1cccc(c1)-c1cccc(c1)-c1cccc(c1)-c1cccc(c1)-c1cccc(c1)-c1cccc-2c1. The summed E-state index contributed by atoms with van der Waals surface area (Å²) in [6.45, 7) is 1.43. The summed E-state index contributed by atoms with van der Waals surface area (Å²) in [7, 11) is 0. The Bertz CT molecular complexity index is 3510. The van der Waals surface area contributed by atoms with Crippen molar-refractivity contribution < 1.29 is 0 Å². The molecule has 0 saturated heterocycles. The van der Waals surface area contributed by atoms with Crippen LogP contribution in [0.2, 0.25) is 0 Å². The second kappa shape index (κ2) is 24.0. The van der Waals surface area contributed by atoms with Gasteiger partial charge in [0.1, 0.15) is 0 Å². The number of rotatable bonds is 0. The second-order valence-corrected chi connectivity index (χ2v) is 22.4. The van der Waals surface area contributed by atoms with Crippen molar-refractivity contribution in [2.45, 2.75) is 6.92 Å². The van der Waals surface area contributed by atoms with Gasteiger partial charge in [-0.2, -0.15) is 5.26 Å². The first-order valence-corrected chi connectivity index (χ1v) is 29.7. The summed E-state index contributed by atoms with van der Waals surface area (Å²) in [6, 6.07) is 126. The zero-order chi connectivity index (χ0) is 58.5. The zero-order valence-corrected chi connectivity index (χ0v) is 48.3. The van der Waals surface area contributed by atoms with E-state index in [0.717, 1.165) is 0 Å². The van der Waals surface area contributed by atoms with Gasteiger partial charge in [0.25, 0.3) is 0 Å². The summed E-state index contributed by atoms with van der Waals surface area (Å²) >= 11 is 0. The molecular formula is C86H59N. The van der Waals surface area contributed by atoms with E-state index in [1.165, 1.54) is 163 Å². The zero-order valence-electron chi connectivity index (χ0n) is 48.3. The quantitative estimate of drug-likeness (QED) is 0.148. The predicted octanol–water partition coefficient (Wildman–Crippen LogP) is 23.9. The van der Waals surface area contributed by atoms with E-state index in [-0.39, 0.29) is 0 Å². The maximum atomic E-state index is 7.32. The van der Waals surface area contributed by atoms with Gasteiger partial charge in [0, 0.05) is 6.92 Å². The topological polar surface area (TPSA) is 23.8 Å². The average molecular weight is 1110 g/mol. The van der Waals surface area contributed by atoms with Gasteiger partial charge >= 0.3 is 0 Å². The third-order valence-electron chi connectivity index (χ3n) is 16.7. The summed E-state index contributed by atoms with van der Waals surface area (Å²) in [5, 5.41) is 7.32. The van der Waals surface area contributed by atoms with Gasteiger partial charge in [-0.15, -0.1) is 0 Å². The summed E-state index contributed by atoms with van der Waals surface area (Å²) in [6.07, 6.45) is 0. The highest BCUT2D eigenvalue weighted by molar-refractivity contribution is 5.87. The van der Waals surface area contributed by atoms with E-state index in [2.05, 4.69) is 340 Å². The normalized spacial score (nSPS) is 11.0. The molecule has 28 bridgehead atoms. The Hall–Kier alpha value is -11.4. The maximum absolute atomic E-state index is 7.32. The van der Waals surface area contributed by atoms with Crippen LogP contribution >= 0.6 is 0 Å². The third-order valence-corrected chi connectivity index (χ3v) is 16.7. The molecule has 0 amide bonds. The lowest BCUT2D eigenvalue weighted by molar-refractivity contribution is 1.49. The van der Waals surface area contributed by atoms with E-state index >= 15 is 0 Å². The molecular weight excluding hydrogens is 1050 g/mol. The largest absolute Gasteiger partial charge is 0.199 e. The van der Waals surface area contributed by atoms with Gasteiger partial charge in [-0.3, -0.25) is 0 Å². The van der Waals surface area contributed by atoms with Gasteiger partial charge in [-0.25, -0.2) is 0 Å². The highest BCUT2D eigenvalue weighted by atomic mass is 14.2. The Balaban J connectivity index is 0.000000147. The summed E-state index contributed by atoms with van der Waals surface area (Å²) < 4.78 is 0. The minimum atomic E-state index is 1.22. The number of nitriles is 1. The molecule has 0 aliphatic heterocycles. The smallest absolute Gasteiger partial charge is 0.0587 e. The number of benzene rings is 14. The number of hydrogen-bond donors (Lipinski definition) is 0. The van der Waals surface area contributed by atoms with E-state index < -0.39 is 0 Å². The van der Waals surface area contributed by atoms with Crippen molar-refractivity contribution in [3.8, 4) is 162 Å². The van der Waals surface area contributed by atoms with Gasteiger partial charge in [0.05, 0.1) is 6.07 Å². The number of hydrogen-bond acceptors (Lipinski definition) is 1. The standard InChI is InChI=1S/2C42H28.C2H3N/c2*1-8-29-22-30(9-1)32-11-3-13-34(24-32)36-15-5-17-38(26-36)40-19-7-21-42(28-40)41-20-6-18-39(27-41)37-16-4-14-35(25-37)33-12-2-10-31(29)23-33;1-2-3/h2*1-28H;1H3. The molecule has 408 valence electrons. The predicted molar refractivity (Wildman–Crippen MR) is 367 cm³/mol. The molecule has 0 heterocycles. The second-order valence-electron chi connectivity index (χ2n) is 22.4. The lowest BCUT2D eigenvalue weighted by Crippen LogP contribution is -1.85. The molecule has 1 nitrogen and oxygen atoms in total. The van der Waals surface area contributed by atoms with E-state index in [1.807, 2.05) is 0 Å². The molecule has 2 aliphatic rings. The fourth-order valence-electron chi connectivity index (χ4n) is 12.3. The van der Waals surface area contributed by atoms with Crippen molar-refractivity contribution in [2.75, 3.05) is 0 Å². The van der Waals surface area contributed by atoms with Crippen LogP contribution in [0.25, 0.3) is 156 Å². The van der Waals surface area contributed by atoms with Crippen LogP contribution in [0.1, 0.15) is 6.92 Å². The molecule has 14 aromatic rings. The lowest BCUT2D eigenvalue weighted by atomic mass is 9.93. The van der Waals surface area contributed by atoms with Crippen molar-refractivity contribution in [1.82, 2.24) is 0 Å². The fourth-order valence-corrected chi connectivity index (χ4v) is 12.3. The highest BCUT2D eigenvalue weighted by Crippen LogP contribution is 2.39. The number of fused-ring (bicyclic) bond motifs is 42. The number of nitrogens with zero attached hydrogens (tertiary/aromatic N) is 1. The van der Waals surface area contributed by atoms with Crippen LogP contribution < -0.4 is 0 Å². The van der Waals surface area contributed by atoms with Crippen LogP contribution in [0.3, 0.4) is 0 Å². The maximum Gasteiger partial charge on any atom is 0.0587 e. The average Bonchev–Trinajstić information content (AvgIpc) is 3.51. The summed E-state index contributed by atoms with van der Waals surface area (Å²) in [4.78, 5) is 0. The first-order valence-electron chi connectivity index (χ1n) is 29.7.